The molecule has 1 amide bonds. The molecule has 2 aromatic rings. The van der Waals surface area contributed by atoms with Crippen LogP contribution in [0.3, 0.4) is 0 Å². The van der Waals surface area contributed by atoms with Gasteiger partial charge in [0.05, 0.1) is 6.04 Å². The van der Waals surface area contributed by atoms with Gasteiger partial charge in [-0.3, -0.25) is 9.69 Å². The molecule has 0 radical (unpaired) electrons. The molecule has 0 spiro atoms. The molecule has 1 aliphatic heterocycles. The van der Waals surface area contributed by atoms with Crippen molar-refractivity contribution in [2.24, 2.45) is 5.73 Å². The summed E-state index contributed by atoms with van der Waals surface area (Å²) in [6.07, 6.45) is 1.72. The van der Waals surface area contributed by atoms with E-state index in [0.29, 0.717) is 6.54 Å². The molecule has 3 N–H and O–H groups in total. The van der Waals surface area contributed by atoms with Crippen molar-refractivity contribution in [2.45, 2.75) is 32.0 Å². The van der Waals surface area contributed by atoms with Crippen molar-refractivity contribution in [1.29, 1.82) is 0 Å². The number of nitrogens with zero attached hydrogens (tertiary/aromatic N) is 1. The zero-order chi connectivity index (χ0) is 17.8. The number of amides is 1. The van der Waals surface area contributed by atoms with Crippen molar-refractivity contribution >= 4 is 11.6 Å². The van der Waals surface area contributed by atoms with Crippen LogP contribution in [0.2, 0.25) is 0 Å². The Kier molecular flexibility index (Phi) is 5.28. The van der Waals surface area contributed by atoms with Gasteiger partial charge >= 0.3 is 0 Å². The Hall–Kier alpha value is -2.47. The van der Waals surface area contributed by atoms with Crippen molar-refractivity contribution in [1.82, 2.24) is 4.90 Å². The monoisotopic (exact) mass is 345 g/mol. The number of nitrogens with two attached hydrogens (primary N) is 1. The van der Waals surface area contributed by atoms with Crippen LogP contribution in [0.15, 0.2) is 42.5 Å². The van der Waals surface area contributed by atoms with E-state index in [4.69, 9.17) is 5.73 Å². The van der Waals surface area contributed by atoms with Gasteiger partial charge in [-0.25, -0.2) is 8.78 Å². The van der Waals surface area contributed by atoms with Crippen molar-refractivity contribution in [3.05, 3.63) is 65.2 Å². The lowest BCUT2D eigenvalue weighted by atomic mass is 10.1. The second-order valence-electron chi connectivity index (χ2n) is 6.25. The number of rotatable bonds is 6. The van der Waals surface area contributed by atoms with E-state index in [1.165, 1.54) is 6.07 Å². The van der Waals surface area contributed by atoms with Crippen LogP contribution in [-0.4, -0.2) is 23.4 Å². The first-order valence-corrected chi connectivity index (χ1v) is 8.34. The molecule has 0 bridgehead atoms. The van der Waals surface area contributed by atoms with Crippen LogP contribution < -0.4 is 11.1 Å². The Labute approximate surface area is 145 Å². The second-order valence-corrected chi connectivity index (χ2v) is 6.25. The van der Waals surface area contributed by atoms with Gasteiger partial charge in [0.2, 0.25) is 5.91 Å². The van der Waals surface area contributed by atoms with Crippen LogP contribution in [0, 0.1) is 11.6 Å². The van der Waals surface area contributed by atoms with Crippen LogP contribution in [-0.2, 0) is 17.9 Å². The number of hydrogen-bond donors (Lipinski definition) is 2. The molecule has 1 aliphatic rings. The lowest BCUT2D eigenvalue weighted by Gasteiger charge is -2.23. The number of nitrogens with one attached hydrogen (secondary N) is 1. The Bertz CT molecular complexity index is 766. The topological polar surface area (TPSA) is 58.4 Å². The molecule has 132 valence electrons. The van der Waals surface area contributed by atoms with Gasteiger partial charge in [-0.2, -0.15) is 0 Å². The number of likely N-dealkylation sites (tertiary alicyclic amines) is 1. The third-order valence-electron chi connectivity index (χ3n) is 4.58. The highest BCUT2D eigenvalue weighted by Gasteiger charge is 2.29. The van der Waals surface area contributed by atoms with Gasteiger partial charge in [-0.1, -0.05) is 30.3 Å². The minimum Gasteiger partial charge on any atom is -0.381 e. The van der Waals surface area contributed by atoms with Crippen molar-refractivity contribution in [2.75, 3.05) is 11.9 Å². The number of primary amides is 1. The van der Waals surface area contributed by atoms with Gasteiger partial charge in [-0.15, -0.1) is 0 Å². The van der Waals surface area contributed by atoms with Crippen LogP contribution in [0.4, 0.5) is 14.5 Å². The number of halogens is 2. The third kappa shape index (κ3) is 3.96. The van der Waals surface area contributed by atoms with E-state index in [0.717, 1.165) is 36.7 Å². The van der Waals surface area contributed by atoms with Gasteiger partial charge in [-0.05, 0) is 37.1 Å². The highest BCUT2D eigenvalue weighted by Crippen LogP contribution is 2.24. The van der Waals surface area contributed by atoms with Crippen molar-refractivity contribution in [3.8, 4) is 0 Å². The van der Waals surface area contributed by atoms with E-state index < -0.39 is 11.6 Å². The summed E-state index contributed by atoms with van der Waals surface area (Å²) in [4.78, 5) is 13.6. The maximum absolute atomic E-state index is 13.8. The van der Waals surface area contributed by atoms with E-state index in [2.05, 4.69) is 10.2 Å². The fourth-order valence-corrected chi connectivity index (χ4v) is 3.26. The number of hydrogen-bond acceptors (Lipinski definition) is 3. The Morgan fingerprint density at radius 1 is 1.16 bits per heavy atom. The molecule has 0 aliphatic carbocycles. The molecular formula is C19H21F2N3O. The largest absolute Gasteiger partial charge is 0.381 e. The zero-order valence-electron chi connectivity index (χ0n) is 13.8. The van der Waals surface area contributed by atoms with Gasteiger partial charge in [0.25, 0.3) is 0 Å². The molecule has 6 heteroatoms. The summed E-state index contributed by atoms with van der Waals surface area (Å²) in [5, 5.41) is 3.17. The first-order chi connectivity index (χ1) is 12.1. The van der Waals surface area contributed by atoms with Crippen LogP contribution in [0.25, 0.3) is 0 Å². The molecular weight excluding hydrogens is 324 g/mol. The van der Waals surface area contributed by atoms with Crippen LogP contribution in [0.1, 0.15) is 24.0 Å². The molecule has 1 saturated heterocycles. The summed E-state index contributed by atoms with van der Waals surface area (Å²) >= 11 is 0. The molecule has 2 aromatic carbocycles. The Balaban J connectivity index is 1.73. The summed E-state index contributed by atoms with van der Waals surface area (Å²) in [7, 11) is 0. The lowest BCUT2D eigenvalue weighted by Crippen LogP contribution is -2.39. The summed E-state index contributed by atoms with van der Waals surface area (Å²) in [5.41, 5.74) is 7.57. The number of benzene rings is 2. The van der Waals surface area contributed by atoms with Gasteiger partial charge in [0.1, 0.15) is 0 Å². The van der Waals surface area contributed by atoms with Crippen LogP contribution >= 0.6 is 0 Å². The predicted octanol–water partition coefficient (Wildman–Crippen LogP) is 3.03. The fourth-order valence-electron chi connectivity index (χ4n) is 3.26. The van der Waals surface area contributed by atoms with Gasteiger partial charge in [0.15, 0.2) is 11.6 Å². The highest BCUT2D eigenvalue weighted by atomic mass is 19.2. The number of carbonyl (C=O) groups is 1. The average Bonchev–Trinajstić information content (AvgIpc) is 3.06. The first-order valence-electron chi connectivity index (χ1n) is 8.34. The Morgan fingerprint density at radius 2 is 1.92 bits per heavy atom. The van der Waals surface area contributed by atoms with Gasteiger partial charge in [0, 0.05) is 24.3 Å². The molecule has 1 atom stereocenters. The number of anilines is 1. The first kappa shape index (κ1) is 17.4. The molecule has 4 nitrogen and oxygen atoms in total. The third-order valence-corrected chi connectivity index (χ3v) is 4.58. The standard InChI is InChI=1S/C19H21F2N3O/c20-15-7-3-6-13(18(15)21)11-23-16-8-2-1-5-14(16)12-24-10-4-9-17(24)19(22)25/h1-3,5-8,17,23H,4,9-12H2,(H2,22,25)/t17-/m0/s1. The maximum Gasteiger partial charge on any atom is 0.234 e. The number of para-hydroxylation sites is 1. The summed E-state index contributed by atoms with van der Waals surface area (Å²) in [5.74, 6) is -1.99. The summed E-state index contributed by atoms with van der Waals surface area (Å²) in [6, 6.07) is 11.5. The maximum atomic E-state index is 13.8. The molecule has 1 fully saturated rings. The fraction of sp³-hybridized carbons (Fsp3) is 0.316. The van der Waals surface area contributed by atoms with Crippen molar-refractivity contribution < 1.29 is 13.6 Å². The zero-order valence-corrected chi connectivity index (χ0v) is 13.8. The normalized spacial score (nSPS) is 17.6. The number of carbonyl (C=O) groups excluding carboxylic acids is 1. The van der Waals surface area contributed by atoms with Crippen molar-refractivity contribution in [3.63, 3.8) is 0 Å². The highest BCUT2D eigenvalue weighted by molar-refractivity contribution is 5.80. The summed E-state index contributed by atoms with van der Waals surface area (Å²) < 4.78 is 27.1. The molecule has 0 aromatic heterocycles. The molecule has 25 heavy (non-hydrogen) atoms. The molecule has 0 saturated carbocycles. The minimum absolute atomic E-state index is 0.180. The van der Waals surface area contributed by atoms with Gasteiger partial charge < -0.3 is 11.1 Å². The lowest BCUT2D eigenvalue weighted by molar-refractivity contribution is -0.122. The molecule has 0 unspecified atom stereocenters. The predicted molar refractivity (Wildman–Crippen MR) is 92.8 cm³/mol. The van der Waals surface area contributed by atoms with E-state index >= 15 is 0 Å². The summed E-state index contributed by atoms with van der Waals surface area (Å²) in [6.45, 7) is 1.59. The molecule has 3 rings (SSSR count). The second kappa shape index (κ2) is 7.61. The average molecular weight is 345 g/mol. The van der Waals surface area contributed by atoms with Crippen LogP contribution in [0.5, 0.6) is 0 Å². The van der Waals surface area contributed by atoms with E-state index in [9.17, 15) is 13.6 Å². The minimum atomic E-state index is -0.853. The quantitative estimate of drug-likeness (QED) is 0.846. The Morgan fingerprint density at radius 3 is 2.72 bits per heavy atom. The smallest absolute Gasteiger partial charge is 0.234 e. The van der Waals surface area contributed by atoms with E-state index in [-0.39, 0.29) is 24.1 Å². The molecule has 1 heterocycles. The van der Waals surface area contributed by atoms with E-state index in [1.807, 2.05) is 24.3 Å². The van der Waals surface area contributed by atoms with E-state index in [1.54, 1.807) is 6.07 Å². The SMILES string of the molecule is NC(=O)[C@@H]1CCCN1Cc1ccccc1NCc1cccc(F)c1F.